The molecule has 1 aromatic heterocycles. The van der Waals surface area contributed by atoms with Crippen LogP contribution in [0.15, 0.2) is 12.1 Å². The number of hydrogen-bond acceptors (Lipinski definition) is 5. The summed E-state index contributed by atoms with van der Waals surface area (Å²) in [4.78, 5) is 4.19. The first-order valence-corrected chi connectivity index (χ1v) is 6.57. The summed E-state index contributed by atoms with van der Waals surface area (Å²) in [6.45, 7) is 1.12. The number of aliphatic hydroxyl groups excluding tert-OH is 1. The molecule has 1 aliphatic carbocycles. The Hall–Kier alpha value is -1.49. The lowest BCUT2D eigenvalue weighted by Crippen LogP contribution is -2.28. The molecule has 0 aliphatic heterocycles. The van der Waals surface area contributed by atoms with Crippen molar-refractivity contribution in [1.29, 1.82) is 0 Å². The van der Waals surface area contributed by atoms with Crippen molar-refractivity contribution < 1.29 is 5.11 Å². The van der Waals surface area contributed by atoms with Gasteiger partial charge in [-0.05, 0) is 36.8 Å². The summed E-state index contributed by atoms with van der Waals surface area (Å²) in [5, 5.41) is 12.6. The molecule has 0 aromatic carbocycles. The molecule has 5 nitrogen and oxygen atoms in total. The van der Waals surface area contributed by atoms with Gasteiger partial charge in [0.1, 0.15) is 11.6 Å². The molecule has 0 saturated heterocycles. The Morgan fingerprint density at radius 1 is 1.22 bits per heavy atom. The SMILES string of the molecule is Nc1ccc(NCC2CCCCC2CO)nc1N. The Kier molecular flexibility index (Phi) is 4.25. The van der Waals surface area contributed by atoms with Gasteiger partial charge in [-0.3, -0.25) is 0 Å². The molecule has 1 saturated carbocycles. The van der Waals surface area contributed by atoms with E-state index in [1.54, 1.807) is 6.07 Å². The molecule has 6 N–H and O–H groups in total. The number of nitrogens with zero attached hydrogens (tertiary/aromatic N) is 1. The molecule has 1 heterocycles. The molecule has 2 atom stereocenters. The fourth-order valence-electron chi connectivity index (χ4n) is 2.61. The van der Waals surface area contributed by atoms with Gasteiger partial charge in [-0.25, -0.2) is 4.98 Å². The van der Waals surface area contributed by atoms with E-state index in [2.05, 4.69) is 10.3 Å². The Balaban J connectivity index is 1.91. The third-order valence-electron chi connectivity index (χ3n) is 3.80. The average Bonchev–Trinajstić information content (AvgIpc) is 2.40. The van der Waals surface area contributed by atoms with E-state index in [0.29, 0.717) is 23.3 Å². The lowest BCUT2D eigenvalue weighted by Gasteiger charge is -2.30. The third kappa shape index (κ3) is 3.04. The molecular weight excluding hydrogens is 228 g/mol. The Labute approximate surface area is 108 Å². The van der Waals surface area contributed by atoms with Crippen LogP contribution in [0.5, 0.6) is 0 Å². The lowest BCUT2D eigenvalue weighted by molar-refractivity contribution is 0.141. The van der Waals surface area contributed by atoms with Crippen molar-refractivity contribution >= 4 is 17.3 Å². The van der Waals surface area contributed by atoms with Crippen molar-refractivity contribution in [1.82, 2.24) is 4.98 Å². The number of nitrogens with one attached hydrogen (secondary N) is 1. The number of pyridine rings is 1. The fraction of sp³-hybridized carbons (Fsp3) is 0.615. The van der Waals surface area contributed by atoms with Gasteiger partial charge in [-0.15, -0.1) is 0 Å². The summed E-state index contributed by atoms with van der Waals surface area (Å²) in [5.74, 6) is 2.05. The van der Waals surface area contributed by atoms with Crippen LogP contribution in [0.25, 0.3) is 0 Å². The molecule has 18 heavy (non-hydrogen) atoms. The van der Waals surface area contributed by atoms with E-state index >= 15 is 0 Å². The highest BCUT2D eigenvalue weighted by Gasteiger charge is 2.24. The second-order valence-corrected chi connectivity index (χ2v) is 5.04. The maximum atomic E-state index is 9.36. The summed E-state index contributed by atoms with van der Waals surface area (Å²) >= 11 is 0. The Morgan fingerprint density at radius 3 is 2.61 bits per heavy atom. The molecule has 2 unspecified atom stereocenters. The summed E-state index contributed by atoms with van der Waals surface area (Å²) in [6.07, 6.45) is 4.78. The van der Waals surface area contributed by atoms with Crippen LogP contribution in [0, 0.1) is 11.8 Å². The van der Waals surface area contributed by atoms with Gasteiger partial charge in [-0.1, -0.05) is 12.8 Å². The minimum absolute atomic E-state index is 0.281. The first kappa shape index (κ1) is 13.0. The Bertz CT molecular complexity index is 397. The monoisotopic (exact) mass is 250 g/mol. The smallest absolute Gasteiger partial charge is 0.149 e. The van der Waals surface area contributed by atoms with Gasteiger partial charge < -0.3 is 21.9 Å². The number of nitrogens with two attached hydrogens (primary N) is 2. The zero-order valence-electron chi connectivity index (χ0n) is 10.6. The first-order chi connectivity index (χ1) is 8.70. The second-order valence-electron chi connectivity index (χ2n) is 5.04. The molecule has 1 aromatic rings. The van der Waals surface area contributed by atoms with Gasteiger partial charge in [0.05, 0.1) is 5.69 Å². The van der Waals surface area contributed by atoms with E-state index < -0.39 is 0 Å². The number of aliphatic hydroxyl groups is 1. The number of hydrogen-bond donors (Lipinski definition) is 4. The zero-order valence-corrected chi connectivity index (χ0v) is 10.6. The van der Waals surface area contributed by atoms with Crippen molar-refractivity contribution in [3.63, 3.8) is 0 Å². The standard InChI is InChI=1S/C13H22N4O/c14-11-5-6-12(17-13(11)15)16-7-9-3-1-2-4-10(9)8-18/h5-6,9-10,18H,1-4,7-8,14H2,(H3,15,16,17). The van der Waals surface area contributed by atoms with Crippen LogP contribution in [-0.4, -0.2) is 23.2 Å². The Morgan fingerprint density at radius 2 is 1.94 bits per heavy atom. The molecular formula is C13H22N4O. The topological polar surface area (TPSA) is 97.2 Å². The fourth-order valence-corrected chi connectivity index (χ4v) is 2.61. The number of aromatic nitrogens is 1. The molecule has 1 fully saturated rings. The summed E-state index contributed by atoms with van der Waals surface area (Å²) < 4.78 is 0. The largest absolute Gasteiger partial charge is 0.396 e. The summed E-state index contributed by atoms with van der Waals surface area (Å²) in [6, 6.07) is 3.59. The van der Waals surface area contributed by atoms with Crippen molar-refractivity contribution in [3.8, 4) is 0 Å². The molecule has 0 spiro atoms. The van der Waals surface area contributed by atoms with Crippen molar-refractivity contribution in [2.75, 3.05) is 29.9 Å². The highest BCUT2D eigenvalue weighted by atomic mass is 16.3. The maximum Gasteiger partial charge on any atom is 0.149 e. The van der Waals surface area contributed by atoms with Crippen LogP contribution in [0.2, 0.25) is 0 Å². The molecule has 2 rings (SSSR count). The van der Waals surface area contributed by atoms with Crippen molar-refractivity contribution in [2.45, 2.75) is 25.7 Å². The van der Waals surface area contributed by atoms with Crippen LogP contribution < -0.4 is 16.8 Å². The predicted octanol–water partition coefficient (Wildman–Crippen LogP) is 1.46. The third-order valence-corrected chi connectivity index (χ3v) is 3.80. The van der Waals surface area contributed by atoms with E-state index in [-0.39, 0.29) is 6.61 Å². The molecule has 0 amide bonds. The first-order valence-electron chi connectivity index (χ1n) is 6.57. The summed E-state index contributed by atoms with van der Waals surface area (Å²) in [5.41, 5.74) is 11.8. The molecule has 100 valence electrons. The minimum Gasteiger partial charge on any atom is -0.396 e. The van der Waals surface area contributed by atoms with Crippen molar-refractivity contribution in [2.24, 2.45) is 11.8 Å². The van der Waals surface area contributed by atoms with Gasteiger partial charge in [0.15, 0.2) is 0 Å². The van der Waals surface area contributed by atoms with Gasteiger partial charge >= 0.3 is 0 Å². The normalized spacial score (nSPS) is 23.8. The van der Waals surface area contributed by atoms with Gasteiger partial charge in [0.25, 0.3) is 0 Å². The van der Waals surface area contributed by atoms with Crippen LogP contribution in [-0.2, 0) is 0 Å². The van der Waals surface area contributed by atoms with Crippen molar-refractivity contribution in [3.05, 3.63) is 12.1 Å². The van der Waals surface area contributed by atoms with Crippen LogP contribution in [0.1, 0.15) is 25.7 Å². The van der Waals surface area contributed by atoms with E-state index in [1.807, 2.05) is 6.07 Å². The van der Waals surface area contributed by atoms with Gasteiger partial charge in [0.2, 0.25) is 0 Å². The van der Waals surface area contributed by atoms with E-state index in [0.717, 1.165) is 18.8 Å². The minimum atomic E-state index is 0.281. The van der Waals surface area contributed by atoms with Crippen LogP contribution >= 0.6 is 0 Å². The quantitative estimate of drug-likeness (QED) is 0.648. The maximum absolute atomic E-state index is 9.36. The van der Waals surface area contributed by atoms with Crippen LogP contribution in [0.3, 0.4) is 0 Å². The molecule has 0 bridgehead atoms. The van der Waals surface area contributed by atoms with E-state index in [9.17, 15) is 5.11 Å². The molecule has 5 heteroatoms. The van der Waals surface area contributed by atoms with E-state index in [1.165, 1.54) is 19.3 Å². The second kappa shape index (κ2) is 5.91. The number of nitrogen functional groups attached to an aromatic ring is 2. The molecule has 0 radical (unpaired) electrons. The van der Waals surface area contributed by atoms with Gasteiger partial charge in [-0.2, -0.15) is 0 Å². The number of rotatable bonds is 4. The predicted molar refractivity (Wildman–Crippen MR) is 74.1 cm³/mol. The summed E-state index contributed by atoms with van der Waals surface area (Å²) in [7, 11) is 0. The van der Waals surface area contributed by atoms with Crippen LogP contribution in [0.4, 0.5) is 17.3 Å². The van der Waals surface area contributed by atoms with Gasteiger partial charge in [0, 0.05) is 13.2 Å². The number of anilines is 3. The highest BCUT2D eigenvalue weighted by molar-refractivity contribution is 5.61. The average molecular weight is 250 g/mol. The highest BCUT2D eigenvalue weighted by Crippen LogP contribution is 2.29. The van der Waals surface area contributed by atoms with E-state index in [4.69, 9.17) is 11.5 Å². The zero-order chi connectivity index (χ0) is 13.0. The molecule has 1 aliphatic rings. The lowest BCUT2D eigenvalue weighted by atomic mass is 9.79.